The molecule has 8 nitrogen and oxygen atoms in total. The van der Waals surface area contributed by atoms with Gasteiger partial charge in [-0.2, -0.15) is 9.97 Å². The van der Waals surface area contributed by atoms with Gasteiger partial charge in [0.2, 0.25) is 0 Å². The number of aromatic nitrogens is 3. The second-order valence-corrected chi connectivity index (χ2v) is 12.5. The van der Waals surface area contributed by atoms with E-state index in [1.165, 1.54) is 11.6 Å². The van der Waals surface area contributed by atoms with Gasteiger partial charge < -0.3 is 20.1 Å². The summed E-state index contributed by atoms with van der Waals surface area (Å²) in [5, 5.41) is 16.1. The molecule has 9 heteroatoms. The van der Waals surface area contributed by atoms with Gasteiger partial charge in [-0.25, -0.2) is 4.39 Å². The molecule has 3 fully saturated rings. The number of phenolic OH excluding ortho intramolecular Hbond substituents is 1. The Balaban J connectivity index is 1.27. The van der Waals surface area contributed by atoms with Crippen molar-refractivity contribution in [2.24, 2.45) is 0 Å². The minimum atomic E-state index is -0.594. The minimum absolute atomic E-state index is 0.00313. The van der Waals surface area contributed by atoms with Crippen LogP contribution in [0.3, 0.4) is 0 Å². The zero-order valence-electron chi connectivity index (χ0n) is 24.8. The van der Waals surface area contributed by atoms with Crippen LogP contribution in [-0.4, -0.2) is 75.4 Å². The number of phenols is 1. The summed E-state index contributed by atoms with van der Waals surface area (Å²) in [5.41, 5.74) is 2.47. The molecule has 2 aromatic carbocycles. The number of terminal acetylenes is 1. The number of hydrogen-bond acceptors (Lipinski definition) is 8. The fourth-order valence-corrected chi connectivity index (χ4v) is 8.09. The van der Waals surface area contributed by atoms with Crippen molar-refractivity contribution >= 4 is 27.5 Å². The molecule has 3 atom stereocenters. The molecule has 2 aromatic heterocycles. The predicted molar refractivity (Wildman–Crippen MR) is 169 cm³/mol. The van der Waals surface area contributed by atoms with Crippen molar-refractivity contribution in [3.8, 4) is 35.4 Å². The van der Waals surface area contributed by atoms with Gasteiger partial charge in [-0.05, 0) is 67.8 Å². The number of nitrogens with zero attached hydrogens (tertiary/aromatic N) is 5. The maximum absolute atomic E-state index is 16.8. The lowest BCUT2D eigenvalue weighted by molar-refractivity contribution is 0.122. The fraction of sp³-hybridized carbons (Fsp3) is 0.400. The molecule has 4 aliphatic heterocycles. The lowest BCUT2D eigenvalue weighted by Gasteiger charge is -2.35. The van der Waals surface area contributed by atoms with Crippen molar-refractivity contribution in [1.29, 1.82) is 0 Å². The van der Waals surface area contributed by atoms with Gasteiger partial charge >= 0.3 is 6.01 Å². The van der Waals surface area contributed by atoms with Crippen molar-refractivity contribution in [2.75, 3.05) is 37.7 Å². The van der Waals surface area contributed by atoms with Gasteiger partial charge in [0.25, 0.3) is 0 Å². The van der Waals surface area contributed by atoms with Crippen LogP contribution in [0.15, 0.2) is 48.2 Å². The monoisotopic (exact) mass is 590 g/mol. The number of rotatable bonds is 6. The Bertz CT molecular complexity index is 1870. The Morgan fingerprint density at radius 2 is 2.05 bits per heavy atom. The van der Waals surface area contributed by atoms with Crippen LogP contribution in [-0.2, 0) is 0 Å². The lowest BCUT2D eigenvalue weighted by Crippen LogP contribution is -2.51. The second kappa shape index (κ2) is 10.4. The third kappa shape index (κ3) is 4.23. The number of anilines is 1. The van der Waals surface area contributed by atoms with Crippen molar-refractivity contribution in [1.82, 2.24) is 25.2 Å². The molecule has 0 spiro atoms. The second-order valence-electron chi connectivity index (χ2n) is 12.5. The normalized spacial score (nSPS) is 24.6. The van der Waals surface area contributed by atoms with Crippen molar-refractivity contribution in [3.05, 3.63) is 59.6 Å². The maximum atomic E-state index is 16.8. The number of aromatic hydroxyl groups is 1. The van der Waals surface area contributed by atoms with E-state index in [0.717, 1.165) is 58.3 Å². The standard InChI is InChI=1S/C35H35FN6O2/c1-3-21-7-5-8-22-15-26(43)16-27(29(21)22)31-30(36)32-28(17-37-31)33(41-18-24-9-10-25(19-41)38-24)40-34(39-32)44-20-35-12-6-13-42(35)14-11-23(35)4-2/h1,5,7-8,11,15-17,24-25,38,43H,4,6,9-10,12-14,18-20H2,2H3/t24-,25+,35?. The highest BCUT2D eigenvalue weighted by molar-refractivity contribution is 6.02. The van der Waals surface area contributed by atoms with Crippen molar-refractivity contribution in [3.63, 3.8) is 0 Å². The summed E-state index contributed by atoms with van der Waals surface area (Å²) in [6, 6.07) is 9.51. The predicted octanol–water partition coefficient (Wildman–Crippen LogP) is 5.18. The zero-order chi connectivity index (χ0) is 30.0. The summed E-state index contributed by atoms with van der Waals surface area (Å²) in [6.45, 7) is 6.13. The van der Waals surface area contributed by atoms with Crippen LogP contribution in [0.25, 0.3) is 32.9 Å². The lowest BCUT2D eigenvalue weighted by atomic mass is 9.88. The highest BCUT2D eigenvalue weighted by Crippen LogP contribution is 2.42. The summed E-state index contributed by atoms with van der Waals surface area (Å²) in [4.78, 5) is 19.0. The molecule has 4 aromatic rings. The molecule has 4 aliphatic rings. The molecule has 6 heterocycles. The number of pyridine rings is 1. The van der Waals surface area contributed by atoms with E-state index in [9.17, 15) is 5.11 Å². The summed E-state index contributed by atoms with van der Waals surface area (Å²) >= 11 is 0. The first-order valence-corrected chi connectivity index (χ1v) is 15.6. The van der Waals surface area contributed by atoms with E-state index in [-0.39, 0.29) is 28.5 Å². The third-order valence-electron chi connectivity index (χ3n) is 10.1. The number of fused-ring (bicyclic) bond motifs is 5. The SMILES string of the molecule is C#Cc1cccc2cc(O)cc(-c3ncc4c(N5C[C@H]6CC[C@@H](C5)N6)nc(OCC56CCCN5CC=C6CC)nc4c3F)c12. The molecule has 2 N–H and O–H groups in total. The Labute approximate surface area is 256 Å². The van der Waals surface area contributed by atoms with Gasteiger partial charge in [0.05, 0.1) is 10.9 Å². The molecule has 3 saturated heterocycles. The molecule has 0 radical (unpaired) electrons. The van der Waals surface area contributed by atoms with E-state index in [4.69, 9.17) is 21.1 Å². The van der Waals surface area contributed by atoms with Crippen LogP contribution in [0.5, 0.6) is 11.8 Å². The molecular weight excluding hydrogens is 555 g/mol. The number of piperazine rings is 1. The van der Waals surface area contributed by atoms with Crippen LogP contribution in [0, 0.1) is 18.2 Å². The molecule has 0 aliphatic carbocycles. The zero-order valence-corrected chi connectivity index (χ0v) is 24.8. The number of halogens is 1. The van der Waals surface area contributed by atoms with E-state index in [1.807, 2.05) is 12.1 Å². The number of ether oxygens (including phenoxy) is 1. The van der Waals surface area contributed by atoms with E-state index >= 15 is 4.39 Å². The summed E-state index contributed by atoms with van der Waals surface area (Å²) in [5.74, 6) is 2.76. The molecule has 1 unspecified atom stereocenters. The minimum Gasteiger partial charge on any atom is -0.508 e. The molecule has 44 heavy (non-hydrogen) atoms. The number of nitrogens with one attached hydrogen (secondary N) is 1. The Morgan fingerprint density at radius 3 is 2.84 bits per heavy atom. The summed E-state index contributed by atoms with van der Waals surface area (Å²) in [6.07, 6.45) is 15.1. The number of hydrogen-bond donors (Lipinski definition) is 2. The van der Waals surface area contributed by atoms with Gasteiger partial charge in [0.1, 0.15) is 29.4 Å². The average molecular weight is 591 g/mol. The van der Waals surface area contributed by atoms with Gasteiger partial charge in [-0.15, -0.1) is 6.42 Å². The Kier molecular flexibility index (Phi) is 6.47. The average Bonchev–Trinajstić information content (AvgIpc) is 3.71. The van der Waals surface area contributed by atoms with Crippen LogP contribution in [0.4, 0.5) is 10.2 Å². The van der Waals surface area contributed by atoms with Crippen LogP contribution in [0.1, 0.15) is 44.6 Å². The highest BCUT2D eigenvalue weighted by Gasteiger charge is 2.47. The Hall–Kier alpha value is -4.26. The van der Waals surface area contributed by atoms with Gasteiger partial charge in [0, 0.05) is 54.4 Å². The molecule has 8 rings (SSSR count). The smallest absolute Gasteiger partial charge is 0.319 e. The van der Waals surface area contributed by atoms with Gasteiger partial charge in [-0.1, -0.05) is 31.1 Å². The molecule has 224 valence electrons. The van der Waals surface area contributed by atoms with E-state index < -0.39 is 5.82 Å². The van der Waals surface area contributed by atoms with E-state index in [1.54, 1.807) is 18.3 Å². The Morgan fingerprint density at radius 1 is 1.20 bits per heavy atom. The largest absolute Gasteiger partial charge is 0.508 e. The summed E-state index contributed by atoms with van der Waals surface area (Å²) in [7, 11) is 0. The van der Waals surface area contributed by atoms with E-state index in [0.29, 0.717) is 51.8 Å². The first-order valence-electron chi connectivity index (χ1n) is 15.6. The van der Waals surface area contributed by atoms with Crippen LogP contribution >= 0.6 is 0 Å². The van der Waals surface area contributed by atoms with Crippen molar-refractivity contribution in [2.45, 2.75) is 56.7 Å². The maximum Gasteiger partial charge on any atom is 0.319 e. The van der Waals surface area contributed by atoms with Crippen LogP contribution in [0.2, 0.25) is 0 Å². The number of benzene rings is 2. The molecule has 0 saturated carbocycles. The molecule has 0 amide bonds. The first-order chi connectivity index (χ1) is 21.5. The van der Waals surface area contributed by atoms with Crippen molar-refractivity contribution < 1.29 is 14.2 Å². The summed E-state index contributed by atoms with van der Waals surface area (Å²) < 4.78 is 23.3. The first kappa shape index (κ1) is 27.3. The molecular formula is C35H35FN6O2. The van der Waals surface area contributed by atoms with Gasteiger partial charge in [-0.3, -0.25) is 9.88 Å². The van der Waals surface area contributed by atoms with Crippen LogP contribution < -0.4 is 15.0 Å². The topological polar surface area (TPSA) is 86.6 Å². The fourth-order valence-electron chi connectivity index (χ4n) is 8.09. The quantitative estimate of drug-likeness (QED) is 0.235. The highest BCUT2D eigenvalue weighted by atomic mass is 19.1. The molecule has 2 bridgehead atoms. The van der Waals surface area contributed by atoms with Gasteiger partial charge in [0.15, 0.2) is 5.82 Å². The third-order valence-corrected chi connectivity index (χ3v) is 10.1. The van der Waals surface area contributed by atoms with E-state index in [2.05, 4.69) is 39.0 Å².